The number of fused-ring (bicyclic) bond motifs is 1. The van der Waals surface area contributed by atoms with Gasteiger partial charge in [0.05, 0.1) is 19.0 Å². The molecule has 2 aromatic carbocycles. The second-order valence-corrected chi connectivity index (χ2v) is 16.3. The molecule has 2 heterocycles. The van der Waals surface area contributed by atoms with Crippen LogP contribution in [0.5, 0.6) is 0 Å². The molecule has 1 aliphatic heterocycles. The third kappa shape index (κ3) is 14.6. The molecule has 1 aromatic heterocycles. The Morgan fingerprint density at radius 1 is 0.806 bits per heavy atom. The lowest BCUT2D eigenvalue weighted by Gasteiger charge is -2.38. The van der Waals surface area contributed by atoms with Crippen molar-refractivity contribution in [3.8, 4) is 0 Å². The number of rotatable bonds is 20. The predicted octanol–water partition coefficient (Wildman–Crippen LogP) is -0.592. The molecule has 1 aliphatic rings. The molecule has 10 N–H and O–H groups in total. The zero-order valence-electron chi connectivity index (χ0n) is 35.4. The summed E-state index contributed by atoms with van der Waals surface area (Å²) in [6.07, 6.45) is 1.62. The number of benzene rings is 2. The molecule has 1 unspecified atom stereocenters. The maximum Gasteiger partial charge on any atom is 0.306 e. The monoisotopic (exact) mass is 859 g/mol. The number of hydrogen-bond acceptors (Lipinski definition) is 12. The highest BCUT2D eigenvalue weighted by Crippen LogP contribution is 2.23. The highest BCUT2D eigenvalue weighted by atomic mass is 16.6. The minimum absolute atomic E-state index is 0.0108. The molecule has 1 saturated heterocycles. The summed E-state index contributed by atoms with van der Waals surface area (Å²) in [5.41, 5.74) is 16.0. The van der Waals surface area contributed by atoms with Gasteiger partial charge in [0.1, 0.15) is 29.3 Å². The number of aromatic nitrogens is 1. The minimum atomic E-state index is -1.68. The van der Waals surface area contributed by atoms with Crippen molar-refractivity contribution in [3.63, 3.8) is 0 Å². The van der Waals surface area contributed by atoms with Gasteiger partial charge in [-0.2, -0.15) is 0 Å². The van der Waals surface area contributed by atoms with Crippen LogP contribution in [0.25, 0.3) is 10.8 Å². The van der Waals surface area contributed by atoms with E-state index >= 15 is 0 Å². The molecular formula is C43H57N9O10. The largest absolute Gasteiger partial charge is 0.460 e. The SMILES string of the molecule is CN(CC(N)=O)C(=O)[C@H](Cc1cccnc1)NC(=O)C(CC(N)=O)NC(=O)[C@H](CCC(=O)OC(C)(C)C)NC(=O)C1(NC(=O)[C@@H](N)Cc2ccc3ccccc3c2)CCOCC1. The van der Waals surface area contributed by atoms with Crippen molar-refractivity contribution in [2.75, 3.05) is 26.8 Å². The van der Waals surface area contributed by atoms with Crippen molar-refractivity contribution < 1.29 is 47.8 Å². The molecular weight excluding hydrogens is 803 g/mol. The van der Waals surface area contributed by atoms with Gasteiger partial charge < -0.3 is 52.8 Å². The fourth-order valence-electron chi connectivity index (χ4n) is 6.88. The maximum atomic E-state index is 14.4. The third-order valence-corrected chi connectivity index (χ3v) is 10.0. The zero-order valence-corrected chi connectivity index (χ0v) is 35.4. The Labute approximate surface area is 359 Å². The van der Waals surface area contributed by atoms with E-state index < -0.39 is 95.6 Å². The number of primary amides is 2. The summed E-state index contributed by atoms with van der Waals surface area (Å²) in [5, 5.41) is 12.4. The highest BCUT2D eigenvalue weighted by molar-refractivity contribution is 5.99. The van der Waals surface area contributed by atoms with Crippen LogP contribution in [0.1, 0.15) is 64.0 Å². The lowest BCUT2D eigenvalue weighted by molar-refractivity contribution is -0.155. The first-order chi connectivity index (χ1) is 29.2. The van der Waals surface area contributed by atoms with Crippen molar-refractivity contribution in [1.82, 2.24) is 31.2 Å². The number of nitrogens with zero attached hydrogens (tertiary/aromatic N) is 2. The molecule has 0 spiro atoms. The van der Waals surface area contributed by atoms with E-state index in [9.17, 15) is 38.4 Å². The average Bonchev–Trinajstić information content (AvgIpc) is 3.20. The number of carbonyl (C=O) groups excluding carboxylic acids is 8. The number of pyridine rings is 1. The van der Waals surface area contributed by atoms with Gasteiger partial charge in [-0.1, -0.05) is 48.5 Å². The smallest absolute Gasteiger partial charge is 0.306 e. The third-order valence-electron chi connectivity index (χ3n) is 10.0. The fraction of sp³-hybridized carbons (Fsp3) is 0.465. The maximum absolute atomic E-state index is 14.4. The van der Waals surface area contributed by atoms with Crippen LogP contribution in [-0.4, -0.2) is 119 Å². The quantitative estimate of drug-likeness (QED) is 0.0702. The number of ether oxygens (including phenoxy) is 2. The minimum Gasteiger partial charge on any atom is -0.460 e. The number of esters is 1. The van der Waals surface area contributed by atoms with Crippen molar-refractivity contribution >= 4 is 58.1 Å². The Morgan fingerprint density at radius 2 is 1.47 bits per heavy atom. The summed E-state index contributed by atoms with van der Waals surface area (Å²) in [4.78, 5) is 111. The van der Waals surface area contributed by atoms with Crippen LogP contribution in [0.3, 0.4) is 0 Å². The normalized spacial score (nSPS) is 15.4. The van der Waals surface area contributed by atoms with Gasteiger partial charge in [-0.15, -0.1) is 0 Å². The number of likely N-dealkylation sites (N-methyl/N-ethyl adjacent to an activating group) is 1. The van der Waals surface area contributed by atoms with Crippen molar-refractivity contribution in [2.45, 2.75) is 101 Å². The van der Waals surface area contributed by atoms with E-state index in [4.69, 9.17) is 26.7 Å². The lowest BCUT2D eigenvalue weighted by Crippen LogP contribution is -2.66. The van der Waals surface area contributed by atoms with E-state index in [1.807, 2.05) is 42.5 Å². The fourth-order valence-corrected chi connectivity index (χ4v) is 6.88. The number of hydrogen-bond donors (Lipinski definition) is 7. The lowest BCUT2D eigenvalue weighted by atomic mass is 9.87. The molecule has 0 bridgehead atoms. The van der Waals surface area contributed by atoms with Crippen LogP contribution >= 0.6 is 0 Å². The van der Waals surface area contributed by atoms with E-state index in [1.54, 1.807) is 32.9 Å². The van der Waals surface area contributed by atoms with Gasteiger partial charge in [-0.3, -0.25) is 43.3 Å². The molecule has 0 saturated carbocycles. The summed E-state index contributed by atoms with van der Waals surface area (Å²) in [7, 11) is 1.31. The number of amides is 7. The average molecular weight is 860 g/mol. The molecule has 19 heteroatoms. The Balaban J connectivity index is 1.57. The van der Waals surface area contributed by atoms with Crippen LogP contribution in [0.2, 0.25) is 0 Å². The Hall–Kier alpha value is -6.47. The van der Waals surface area contributed by atoms with E-state index in [0.29, 0.717) is 5.56 Å². The van der Waals surface area contributed by atoms with Gasteiger partial charge in [0.25, 0.3) is 0 Å². The topological polar surface area (TPSA) is 297 Å². The van der Waals surface area contributed by atoms with Crippen LogP contribution in [-0.2, 0) is 60.7 Å². The van der Waals surface area contributed by atoms with Crippen molar-refractivity contribution in [3.05, 3.63) is 78.1 Å². The summed E-state index contributed by atoms with van der Waals surface area (Å²) < 4.78 is 10.9. The molecule has 1 fully saturated rings. The zero-order chi connectivity index (χ0) is 45.6. The summed E-state index contributed by atoms with van der Waals surface area (Å²) >= 11 is 0. The molecule has 334 valence electrons. The van der Waals surface area contributed by atoms with E-state index in [0.717, 1.165) is 21.2 Å². The Kier molecular flexibility index (Phi) is 17.0. The van der Waals surface area contributed by atoms with E-state index in [2.05, 4.69) is 26.3 Å². The van der Waals surface area contributed by atoms with Crippen LogP contribution in [0.15, 0.2) is 67.0 Å². The van der Waals surface area contributed by atoms with Crippen LogP contribution < -0.4 is 38.5 Å². The number of nitrogens with one attached hydrogen (secondary N) is 4. The summed E-state index contributed by atoms with van der Waals surface area (Å²) in [5.74, 6) is -6.62. The van der Waals surface area contributed by atoms with Crippen LogP contribution in [0, 0.1) is 0 Å². The summed E-state index contributed by atoms with van der Waals surface area (Å²) in [6, 6.07) is 11.1. The van der Waals surface area contributed by atoms with Crippen molar-refractivity contribution in [2.24, 2.45) is 17.2 Å². The Bertz CT molecular complexity index is 2100. The predicted molar refractivity (Wildman–Crippen MR) is 226 cm³/mol. The van der Waals surface area contributed by atoms with Crippen molar-refractivity contribution in [1.29, 1.82) is 0 Å². The first kappa shape index (κ1) is 48.2. The summed E-state index contributed by atoms with van der Waals surface area (Å²) in [6.45, 7) is 4.66. The molecule has 3 aromatic rings. The molecule has 7 amide bonds. The molecule has 0 aliphatic carbocycles. The highest BCUT2D eigenvalue weighted by Gasteiger charge is 2.44. The second-order valence-electron chi connectivity index (χ2n) is 16.3. The van der Waals surface area contributed by atoms with Crippen LogP contribution in [0.4, 0.5) is 0 Å². The number of nitrogens with two attached hydrogens (primary N) is 3. The van der Waals surface area contributed by atoms with Gasteiger partial charge in [-0.25, -0.2) is 0 Å². The van der Waals surface area contributed by atoms with Gasteiger partial charge in [-0.05, 0) is 61.6 Å². The molecule has 4 atom stereocenters. The van der Waals surface area contributed by atoms with Gasteiger partial charge in [0.2, 0.25) is 41.4 Å². The van der Waals surface area contributed by atoms with Gasteiger partial charge >= 0.3 is 5.97 Å². The second kappa shape index (κ2) is 21.9. The molecule has 0 radical (unpaired) electrons. The van der Waals surface area contributed by atoms with E-state index in [1.165, 1.54) is 19.4 Å². The van der Waals surface area contributed by atoms with E-state index in [-0.39, 0.29) is 51.7 Å². The molecule has 19 nitrogen and oxygen atoms in total. The standard InChI is InChI=1S/C43H57N9O10/c1-42(2,3)62-36(55)14-13-31(38(57)48-32(23-34(45)53)39(58)49-33(22-27-8-7-17-47-24-27)40(59)52(4)25-35(46)54)50-41(60)43(15-18-61-19-16-43)51-37(56)30(44)21-26-11-12-28-9-5-6-10-29(28)20-26/h5-12,17,20,24,30-33H,13-16,18-19,21-23,25,44H2,1-4H3,(H2,45,53)(H2,46,54)(H,48,57)(H,49,58)(H,50,60)(H,51,56)/t30-,31-,32?,33-/m0/s1. The first-order valence-electron chi connectivity index (χ1n) is 20.2. The van der Waals surface area contributed by atoms with Gasteiger partial charge in [0.15, 0.2) is 0 Å². The van der Waals surface area contributed by atoms with Gasteiger partial charge in [0, 0.05) is 58.3 Å². The number of carbonyl (C=O) groups is 8. The Morgan fingerprint density at radius 3 is 2.10 bits per heavy atom. The molecule has 4 rings (SSSR count). The first-order valence-corrected chi connectivity index (χ1v) is 20.2. The molecule has 62 heavy (non-hydrogen) atoms.